The van der Waals surface area contributed by atoms with Crippen molar-refractivity contribution in [1.82, 2.24) is 9.80 Å². The number of nitrogens with zero attached hydrogens (tertiary/aromatic N) is 3. The molecule has 1 fully saturated rings. The first-order valence-corrected chi connectivity index (χ1v) is 7.65. The summed E-state index contributed by atoms with van der Waals surface area (Å²) in [5, 5.41) is 17.7. The minimum atomic E-state index is 0.0824. The maximum atomic E-state index is 12.0. The highest BCUT2D eigenvalue weighted by molar-refractivity contribution is 5.76. The zero-order valence-corrected chi connectivity index (χ0v) is 12.6. The summed E-state index contributed by atoms with van der Waals surface area (Å²) in [7, 11) is 1.75. The molecule has 0 heterocycles. The van der Waals surface area contributed by atoms with Crippen LogP contribution in [0.15, 0.2) is 0 Å². The quantitative estimate of drug-likeness (QED) is 0.730. The van der Waals surface area contributed by atoms with Gasteiger partial charge in [-0.3, -0.25) is 9.69 Å². The van der Waals surface area contributed by atoms with Crippen molar-refractivity contribution < 1.29 is 9.90 Å². The van der Waals surface area contributed by atoms with Gasteiger partial charge >= 0.3 is 0 Å². The summed E-state index contributed by atoms with van der Waals surface area (Å²) in [6, 6.07) is 2.57. The van der Waals surface area contributed by atoms with Gasteiger partial charge in [0.15, 0.2) is 0 Å². The van der Waals surface area contributed by atoms with E-state index < -0.39 is 0 Å². The van der Waals surface area contributed by atoms with Crippen LogP contribution < -0.4 is 0 Å². The Labute approximate surface area is 122 Å². The number of carbonyl (C=O) groups is 1. The van der Waals surface area contributed by atoms with Crippen molar-refractivity contribution >= 4 is 5.91 Å². The topological polar surface area (TPSA) is 67.6 Å². The Balaban J connectivity index is 2.37. The summed E-state index contributed by atoms with van der Waals surface area (Å²) in [6.45, 7) is 2.01. The SMILES string of the molecule is CN(CCC#N)C(=O)CCN(CCO)C1CCCCC1. The van der Waals surface area contributed by atoms with Crippen molar-refractivity contribution in [3.05, 3.63) is 0 Å². The van der Waals surface area contributed by atoms with Crippen LogP contribution in [0.2, 0.25) is 0 Å². The number of amides is 1. The van der Waals surface area contributed by atoms with Crippen LogP contribution in [-0.4, -0.2) is 60.1 Å². The molecule has 0 aliphatic heterocycles. The van der Waals surface area contributed by atoms with Gasteiger partial charge in [-0.15, -0.1) is 0 Å². The van der Waals surface area contributed by atoms with Crippen molar-refractivity contribution in [1.29, 1.82) is 5.26 Å². The first-order valence-electron chi connectivity index (χ1n) is 7.65. The average molecular weight is 281 g/mol. The second kappa shape index (κ2) is 9.73. The molecule has 0 aromatic rings. The van der Waals surface area contributed by atoms with E-state index in [1.54, 1.807) is 11.9 Å². The molecule has 5 nitrogen and oxygen atoms in total. The normalized spacial score (nSPS) is 16.1. The van der Waals surface area contributed by atoms with Crippen molar-refractivity contribution in [3.63, 3.8) is 0 Å². The molecule has 1 aliphatic carbocycles. The summed E-state index contributed by atoms with van der Waals surface area (Å²) in [4.78, 5) is 15.9. The first-order chi connectivity index (χ1) is 9.69. The fourth-order valence-electron chi connectivity index (χ4n) is 2.82. The van der Waals surface area contributed by atoms with Gasteiger partial charge in [-0.2, -0.15) is 5.26 Å². The molecule has 1 rings (SSSR count). The lowest BCUT2D eigenvalue weighted by Crippen LogP contribution is -2.41. The Hall–Kier alpha value is -1.12. The highest BCUT2D eigenvalue weighted by atomic mass is 16.3. The van der Waals surface area contributed by atoms with E-state index in [-0.39, 0.29) is 12.5 Å². The number of hydrogen-bond donors (Lipinski definition) is 1. The maximum Gasteiger partial charge on any atom is 0.223 e. The predicted octanol–water partition coefficient (Wildman–Crippen LogP) is 1.38. The van der Waals surface area contributed by atoms with Gasteiger partial charge in [0.05, 0.1) is 19.1 Å². The molecule has 0 saturated heterocycles. The van der Waals surface area contributed by atoms with Gasteiger partial charge < -0.3 is 10.0 Å². The monoisotopic (exact) mass is 281 g/mol. The van der Waals surface area contributed by atoms with E-state index >= 15 is 0 Å². The van der Waals surface area contributed by atoms with Gasteiger partial charge in [-0.05, 0) is 12.8 Å². The van der Waals surface area contributed by atoms with E-state index in [4.69, 9.17) is 5.26 Å². The summed E-state index contributed by atoms with van der Waals surface area (Å²) < 4.78 is 0. The lowest BCUT2D eigenvalue weighted by atomic mass is 9.94. The van der Waals surface area contributed by atoms with Crippen molar-refractivity contribution in [2.24, 2.45) is 0 Å². The number of nitriles is 1. The predicted molar refractivity (Wildman–Crippen MR) is 78.0 cm³/mol. The van der Waals surface area contributed by atoms with Crippen LogP contribution in [0.4, 0.5) is 0 Å². The lowest BCUT2D eigenvalue weighted by Gasteiger charge is -2.34. The number of carbonyl (C=O) groups excluding carboxylic acids is 1. The van der Waals surface area contributed by atoms with E-state index in [0.29, 0.717) is 38.5 Å². The van der Waals surface area contributed by atoms with Gasteiger partial charge in [-0.25, -0.2) is 0 Å². The molecule has 0 aromatic heterocycles. The van der Waals surface area contributed by atoms with Crippen LogP contribution in [0.1, 0.15) is 44.9 Å². The van der Waals surface area contributed by atoms with Crippen LogP contribution >= 0.6 is 0 Å². The summed E-state index contributed by atoms with van der Waals surface area (Å²) in [5.74, 6) is 0.0824. The van der Waals surface area contributed by atoms with Crippen molar-refractivity contribution in [2.75, 3.05) is 33.3 Å². The highest BCUT2D eigenvalue weighted by Crippen LogP contribution is 2.22. The fourth-order valence-corrected chi connectivity index (χ4v) is 2.82. The van der Waals surface area contributed by atoms with E-state index in [2.05, 4.69) is 11.0 Å². The molecule has 1 aliphatic rings. The lowest BCUT2D eigenvalue weighted by molar-refractivity contribution is -0.130. The standard InChI is InChI=1S/C15H27N3O2/c1-17(10-5-9-16)15(20)8-11-18(12-13-19)14-6-3-2-4-7-14/h14,19H,2-8,10-13H2,1H3. The molecule has 0 aromatic carbocycles. The summed E-state index contributed by atoms with van der Waals surface area (Å²) in [5.41, 5.74) is 0. The van der Waals surface area contributed by atoms with Crippen LogP contribution in [0, 0.1) is 11.3 Å². The third-order valence-electron chi connectivity index (χ3n) is 4.08. The molecule has 1 N–H and O–H groups in total. The average Bonchev–Trinajstić information content (AvgIpc) is 2.49. The number of aliphatic hydroxyl groups excluding tert-OH is 1. The third-order valence-corrected chi connectivity index (χ3v) is 4.08. The molecule has 1 amide bonds. The minimum Gasteiger partial charge on any atom is -0.395 e. The van der Waals surface area contributed by atoms with Gasteiger partial charge in [0, 0.05) is 39.1 Å². The van der Waals surface area contributed by atoms with E-state index in [1.807, 2.05) is 0 Å². The number of aliphatic hydroxyl groups is 1. The van der Waals surface area contributed by atoms with Gasteiger partial charge in [0.2, 0.25) is 5.91 Å². The number of rotatable bonds is 8. The maximum absolute atomic E-state index is 12.0. The zero-order chi connectivity index (χ0) is 14.8. The Morgan fingerprint density at radius 2 is 1.95 bits per heavy atom. The first kappa shape index (κ1) is 16.9. The minimum absolute atomic E-state index is 0.0824. The van der Waals surface area contributed by atoms with Crippen LogP contribution in [0.3, 0.4) is 0 Å². The summed E-state index contributed by atoms with van der Waals surface area (Å²) in [6.07, 6.45) is 7.02. The fraction of sp³-hybridized carbons (Fsp3) is 0.867. The van der Waals surface area contributed by atoms with E-state index in [1.165, 1.54) is 32.1 Å². The Bertz CT molecular complexity index is 322. The van der Waals surface area contributed by atoms with Gasteiger partial charge in [0.25, 0.3) is 0 Å². The smallest absolute Gasteiger partial charge is 0.223 e. The molecule has 0 unspecified atom stereocenters. The van der Waals surface area contributed by atoms with Crippen LogP contribution in [0.25, 0.3) is 0 Å². The molecule has 5 heteroatoms. The van der Waals surface area contributed by atoms with Crippen LogP contribution in [-0.2, 0) is 4.79 Å². The van der Waals surface area contributed by atoms with Crippen molar-refractivity contribution in [2.45, 2.75) is 51.0 Å². The molecule has 1 saturated carbocycles. The zero-order valence-electron chi connectivity index (χ0n) is 12.6. The molecule has 0 atom stereocenters. The molecule has 0 bridgehead atoms. The molecule has 0 radical (unpaired) electrons. The second-order valence-electron chi connectivity index (χ2n) is 5.52. The Morgan fingerprint density at radius 3 is 2.55 bits per heavy atom. The Kier molecular flexibility index (Phi) is 8.24. The highest BCUT2D eigenvalue weighted by Gasteiger charge is 2.21. The molecule has 20 heavy (non-hydrogen) atoms. The van der Waals surface area contributed by atoms with Crippen molar-refractivity contribution in [3.8, 4) is 6.07 Å². The second-order valence-corrected chi connectivity index (χ2v) is 5.52. The molecular weight excluding hydrogens is 254 g/mol. The van der Waals surface area contributed by atoms with Gasteiger partial charge in [-0.1, -0.05) is 19.3 Å². The van der Waals surface area contributed by atoms with Crippen LogP contribution in [0.5, 0.6) is 0 Å². The Morgan fingerprint density at radius 1 is 1.25 bits per heavy atom. The molecular formula is C15H27N3O2. The third kappa shape index (κ3) is 5.89. The number of hydrogen-bond acceptors (Lipinski definition) is 4. The summed E-state index contributed by atoms with van der Waals surface area (Å²) >= 11 is 0. The molecule has 114 valence electrons. The van der Waals surface area contributed by atoms with Gasteiger partial charge in [0.1, 0.15) is 0 Å². The largest absolute Gasteiger partial charge is 0.395 e. The molecule has 0 spiro atoms. The van der Waals surface area contributed by atoms with E-state index in [0.717, 1.165) is 0 Å². The van der Waals surface area contributed by atoms with E-state index in [9.17, 15) is 9.90 Å².